The maximum Gasteiger partial charge on any atom is 0.226 e. The van der Waals surface area contributed by atoms with E-state index in [0.29, 0.717) is 24.9 Å². The summed E-state index contributed by atoms with van der Waals surface area (Å²) >= 11 is 0. The molecule has 0 amide bonds. The molecule has 8 heteroatoms. The zero-order valence-electron chi connectivity index (χ0n) is 17.0. The summed E-state index contributed by atoms with van der Waals surface area (Å²) in [6.45, 7) is 2.93. The van der Waals surface area contributed by atoms with Gasteiger partial charge in [0.1, 0.15) is 12.4 Å². The summed E-state index contributed by atoms with van der Waals surface area (Å²) in [5.41, 5.74) is 1.69. The van der Waals surface area contributed by atoms with Crippen LogP contribution in [0.4, 0.5) is 4.39 Å². The van der Waals surface area contributed by atoms with Crippen LogP contribution in [0.3, 0.4) is 0 Å². The third kappa shape index (κ3) is 6.72. The predicted octanol–water partition coefficient (Wildman–Crippen LogP) is 4.62. The number of hydrogen-bond donors (Lipinski definition) is 2. The average Bonchev–Trinajstić information content (AvgIpc) is 3.24. The number of benzene rings is 2. The highest BCUT2D eigenvalue weighted by Crippen LogP contribution is 2.18. The van der Waals surface area contributed by atoms with Crippen molar-refractivity contribution in [2.75, 3.05) is 13.6 Å². The van der Waals surface area contributed by atoms with Gasteiger partial charge in [0, 0.05) is 12.6 Å². The molecular formula is C22H26FIN4O2. The molecule has 0 aliphatic carbocycles. The fourth-order valence-electron chi connectivity index (χ4n) is 2.70. The largest absolute Gasteiger partial charge is 0.486 e. The Morgan fingerprint density at radius 1 is 1.13 bits per heavy atom. The summed E-state index contributed by atoms with van der Waals surface area (Å²) in [6.07, 6.45) is 2.16. The number of ether oxygens (including phenoxy) is 1. The molecule has 1 aromatic heterocycles. The summed E-state index contributed by atoms with van der Waals surface area (Å²) in [5, 5.41) is 6.39. The molecule has 0 aliphatic rings. The maximum absolute atomic E-state index is 13.8. The average molecular weight is 524 g/mol. The number of aliphatic imine (C=N–C) groups is 1. The second kappa shape index (κ2) is 12.2. The number of para-hydroxylation sites is 1. The molecule has 0 aliphatic heterocycles. The van der Waals surface area contributed by atoms with Crippen molar-refractivity contribution < 1.29 is 13.5 Å². The van der Waals surface area contributed by atoms with Crippen LogP contribution in [-0.2, 0) is 6.54 Å². The van der Waals surface area contributed by atoms with Crippen molar-refractivity contribution in [2.45, 2.75) is 26.0 Å². The zero-order valence-corrected chi connectivity index (χ0v) is 19.3. The molecule has 1 unspecified atom stereocenters. The molecule has 30 heavy (non-hydrogen) atoms. The van der Waals surface area contributed by atoms with Crippen molar-refractivity contribution in [3.63, 3.8) is 0 Å². The molecule has 6 nitrogen and oxygen atoms in total. The van der Waals surface area contributed by atoms with Gasteiger partial charge >= 0.3 is 0 Å². The highest BCUT2D eigenvalue weighted by molar-refractivity contribution is 14.0. The minimum absolute atomic E-state index is 0. The van der Waals surface area contributed by atoms with E-state index in [-0.39, 0.29) is 41.6 Å². The summed E-state index contributed by atoms with van der Waals surface area (Å²) in [7, 11) is 1.69. The first kappa shape index (κ1) is 23.7. The molecule has 2 aromatic carbocycles. The standard InChI is InChI=1S/C22H25FN4O2.HI/c1-3-18(29-20-12-8-7-11-19(20)23)14-26-22(24-2)25-13-17-15-28-21(27-17)16-9-5-4-6-10-16;/h4-12,15,18H,3,13-14H2,1-2H3,(H2,24,25,26);1H. The topological polar surface area (TPSA) is 71.7 Å². The van der Waals surface area contributed by atoms with Crippen LogP contribution in [-0.4, -0.2) is 30.6 Å². The summed E-state index contributed by atoms with van der Waals surface area (Å²) in [5.74, 6) is 1.06. The SMILES string of the molecule is CCC(CNC(=NC)NCc1coc(-c2ccccc2)n1)Oc1ccccc1F.I. The van der Waals surface area contributed by atoms with Gasteiger partial charge in [-0.3, -0.25) is 4.99 Å². The van der Waals surface area contributed by atoms with Crippen LogP contribution >= 0.6 is 24.0 Å². The zero-order chi connectivity index (χ0) is 20.5. The number of halogens is 2. The molecule has 0 saturated heterocycles. The van der Waals surface area contributed by atoms with Gasteiger partial charge in [-0.1, -0.05) is 37.3 Å². The van der Waals surface area contributed by atoms with Gasteiger partial charge in [0.05, 0.1) is 18.8 Å². The lowest BCUT2D eigenvalue weighted by Gasteiger charge is -2.20. The number of aromatic nitrogens is 1. The van der Waals surface area contributed by atoms with E-state index < -0.39 is 0 Å². The monoisotopic (exact) mass is 524 g/mol. The van der Waals surface area contributed by atoms with E-state index in [1.807, 2.05) is 37.3 Å². The second-order valence-corrected chi connectivity index (χ2v) is 6.40. The molecule has 0 fully saturated rings. The van der Waals surface area contributed by atoms with Crippen LogP contribution in [0.25, 0.3) is 11.5 Å². The van der Waals surface area contributed by atoms with Gasteiger partial charge in [0.15, 0.2) is 17.5 Å². The van der Waals surface area contributed by atoms with Crippen LogP contribution in [0, 0.1) is 5.82 Å². The van der Waals surface area contributed by atoms with E-state index in [1.165, 1.54) is 6.07 Å². The highest BCUT2D eigenvalue weighted by Gasteiger charge is 2.12. The van der Waals surface area contributed by atoms with E-state index in [4.69, 9.17) is 9.15 Å². The minimum atomic E-state index is -0.367. The summed E-state index contributed by atoms with van der Waals surface area (Å²) < 4.78 is 25.1. The minimum Gasteiger partial charge on any atom is -0.486 e. The Balaban J connectivity index is 0.00000320. The Morgan fingerprint density at radius 3 is 2.57 bits per heavy atom. The molecule has 1 atom stereocenters. The van der Waals surface area contributed by atoms with Gasteiger partial charge in [0.2, 0.25) is 5.89 Å². The molecule has 0 radical (unpaired) electrons. The van der Waals surface area contributed by atoms with Crippen LogP contribution in [0.2, 0.25) is 0 Å². The summed E-state index contributed by atoms with van der Waals surface area (Å²) in [4.78, 5) is 8.69. The van der Waals surface area contributed by atoms with Crippen molar-refractivity contribution in [1.82, 2.24) is 15.6 Å². The van der Waals surface area contributed by atoms with Crippen molar-refractivity contribution >= 4 is 29.9 Å². The quantitative estimate of drug-likeness (QED) is 0.256. The van der Waals surface area contributed by atoms with Crippen LogP contribution < -0.4 is 15.4 Å². The van der Waals surface area contributed by atoms with Crippen molar-refractivity contribution in [3.05, 3.63) is 72.4 Å². The van der Waals surface area contributed by atoms with Crippen LogP contribution in [0.15, 0.2) is 70.3 Å². The predicted molar refractivity (Wildman–Crippen MR) is 127 cm³/mol. The van der Waals surface area contributed by atoms with E-state index in [2.05, 4.69) is 20.6 Å². The highest BCUT2D eigenvalue weighted by atomic mass is 127. The van der Waals surface area contributed by atoms with Gasteiger partial charge in [-0.15, -0.1) is 24.0 Å². The lowest BCUT2D eigenvalue weighted by Crippen LogP contribution is -2.42. The molecule has 0 spiro atoms. The molecule has 160 valence electrons. The van der Waals surface area contributed by atoms with Crippen molar-refractivity contribution in [1.29, 1.82) is 0 Å². The first-order chi connectivity index (χ1) is 14.2. The molecular weight excluding hydrogens is 498 g/mol. The summed E-state index contributed by atoms with van der Waals surface area (Å²) in [6, 6.07) is 16.1. The number of nitrogens with one attached hydrogen (secondary N) is 2. The molecule has 0 saturated carbocycles. The normalized spacial score (nSPS) is 12.0. The maximum atomic E-state index is 13.8. The van der Waals surface area contributed by atoms with E-state index in [0.717, 1.165) is 17.7 Å². The van der Waals surface area contributed by atoms with Gasteiger partial charge < -0.3 is 19.8 Å². The van der Waals surface area contributed by atoms with Gasteiger partial charge in [-0.25, -0.2) is 9.37 Å². The first-order valence-electron chi connectivity index (χ1n) is 9.55. The third-order valence-electron chi connectivity index (χ3n) is 4.32. The van der Waals surface area contributed by atoms with Gasteiger partial charge in [-0.2, -0.15) is 0 Å². The van der Waals surface area contributed by atoms with E-state index in [1.54, 1.807) is 31.5 Å². The molecule has 3 rings (SSSR count). The number of nitrogens with zero attached hydrogens (tertiary/aromatic N) is 2. The molecule has 3 aromatic rings. The smallest absolute Gasteiger partial charge is 0.226 e. The lowest BCUT2D eigenvalue weighted by atomic mass is 10.2. The van der Waals surface area contributed by atoms with E-state index in [9.17, 15) is 4.39 Å². The number of oxazole rings is 1. The van der Waals surface area contributed by atoms with E-state index >= 15 is 0 Å². The van der Waals surface area contributed by atoms with Crippen molar-refractivity contribution in [2.24, 2.45) is 4.99 Å². The van der Waals surface area contributed by atoms with Crippen LogP contribution in [0.1, 0.15) is 19.0 Å². The third-order valence-corrected chi connectivity index (χ3v) is 4.32. The molecule has 2 N–H and O–H groups in total. The first-order valence-corrected chi connectivity index (χ1v) is 9.55. The Kier molecular flexibility index (Phi) is 9.59. The fraction of sp³-hybridized carbons (Fsp3) is 0.273. The Hall–Kier alpha value is -2.62. The molecule has 1 heterocycles. The van der Waals surface area contributed by atoms with Gasteiger partial charge in [-0.05, 0) is 30.7 Å². The Morgan fingerprint density at radius 2 is 1.87 bits per heavy atom. The van der Waals surface area contributed by atoms with Crippen LogP contribution in [0.5, 0.6) is 5.75 Å². The van der Waals surface area contributed by atoms with Gasteiger partial charge in [0.25, 0.3) is 0 Å². The Bertz CT molecular complexity index is 934. The number of guanidine groups is 1. The number of rotatable bonds is 8. The molecule has 0 bridgehead atoms. The lowest BCUT2D eigenvalue weighted by molar-refractivity contribution is 0.191. The number of hydrogen-bond acceptors (Lipinski definition) is 4. The second-order valence-electron chi connectivity index (χ2n) is 6.40. The fourth-order valence-corrected chi connectivity index (χ4v) is 2.70. The van der Waals surface area contributed by atoms with Crippen molar-refractivity contribution in [3.8, 4) is 17.2 Å². The Labute approximate surface area is 193 Å².